The smallest absolute Gasteiger partial charge is 0.277 e. The van der Waals surface area contributed by atoms with Crippen LogP contribution in [0, 0.1) is 11.3 Å². The fraction of sp³-hybridized carbons (Fsp3) is 0.148. The fourth-order valence-electron chi connectivity index (χ4n) is 4.29. The van der Waals surface area contributed by atoms with Crippen LogP contribution in [0.1, 0.15) is 17.5 Å². The molecule has 0 amide bonds. The van der Waals surface area contributed by atoms with Gasteiger partial charge in [0.25, 0.3) is 5.56 Å². The zero-order valence-electron chi connectivity index (χ0n) is 18.1. The third kappa shape index (κ3) is 3.79. The maximum Gasteiger partial charge on any atom is 0.277 e. The molecule has 33 heavy (non-hydrogen) atoms. The Morgan fingerprint density at radius 1 is 0.939 bits per heavy atom. The Morgan fingerprint density at radius 2 is 1.67 bits per heavy atom. The molecule has 0 bridgehead atoms. The van der Waals surface area contributed by atoms with Crippen molar-refractivity contribution in [3.63, 3.8) is 0 Å². The topological polar surface area (TPSA) is 89.6 Å². The Bertz CT molecular complexity index is 1550. The number of aromatic nitrogens is 3. The van der Waals surface area contributed by atoms with Gasteiger partial charge in [-0.15, -0.1) is 0 Å². The van der Waals surface area contributed by atoms with Crippen molar-refractivity contribution in [3.05, 3.63) is 100 Å². The van der Waals surface area contributed by atoms with Crippen LogP contribution in [0.4, 0.5) is 0 Å². The number of fused-ring (bicyclic) bond motifs is 2. The van der Waals surface area contributed by atoms with E-state index in [9.17, 15) is 4.79 Å². The van der Waals surface area contributed by atoms with Crippen LogP contribution >= 0.6 is 0 Å². The maximum atomic E-state index is 13.6. The summed E-state index contributed by atoms with van der Waals surface area (Å²) in [7, 11) is 0. The van der Waals surface area contributed by atoms with E-state index in [0.29, 0.717) is 37.3 Å². The molecular weight excluding hydrogens is 410 g/mol. The molecule has 0 fully saturated rings. The van der Waals surface area contributed by atoms with Crippen LogP contribution in [0.5, 0.6) is 0 Å². The number of para-hydroxylation sites is 3. The summed E-state index contributed by atoms with van der Waals surface area (Å²) < 4.78 is 3.92. The van der Waals surface area contributed by atoms with Gasteiger partial charge in [-0.05, 0) is 48.9 Å². The van der Waals surface area contributed by atoms with Crippen molar-refractivity contribution in [2.45, 2.75) is 19.5 Å². The van der Waals surface area contributed by atoms with E-state index in [1.807, 2.05) is 72.9 Å². The molecular formula is C27H23N5O. The van der Waals surface area contributed by atoms with E-state index in [1.54, 1.807) is 4.57 Å². The predicted octanol–water partition coefficient (Wildman–Crippen LogP) is 4.29. The number of hydrogen-bond acceptors (Lipinski definition) is 4. The molecule has 0 unspecified atom stereocenters. The van der Waals surface area contributed by atoms with E-state index in [1.165, 1.54) is 0 Å². The molecule has 6 heteroatoms. The zero-order valence-corrected chi connectivity index (χ0v) is 18.1. The third-order valence-electron chi connectivity index (χ3n) is 5.92. The number of nitriles is 1. The Morgan fingerprint density at radius 3 is 2.42 bits per heavy atom. The van der Waals surface area contributed by atoms with Gasteiger partial charge in [0.05, 0.1) is 22.7 Å². The van der Waals surface area contributed by atoms with Crippen LogP contribution in [-0.2, 0) is 13.1 Å². The van der Waals surface area contributed by atoms with Crippen LogP contribution in [0.2, 0.25) is 0 Å². The average Bonchev–Trinajstić information content (AvgIpc) is 3.22. The maximum absolute atomic E-state index is 13.6. The Hall–Kier alpha value is -4.21. The molecule has 162 valence electrons. The highest BCUT2D eigenvalue weighted by Gasteiger charge is 2.18. The summed E-state index contributed by atoms with van der Waals surface area (Å²) in [5, 5.41) is 10.0. The van der Waals surface area contributed by atoms with E-state index >= 15 is 0 Å². The van der Waals surface area contributed by atoms with Gasteiger partial charge in [-0.25, -0.2) is 4.98 Å². The molecule has 2 aromatic heterocycles. The van der Waals surface area contributed by atoms with E-state index in [2.05, 4.69) is 16.7 Å². The molecule has 2 N–H and O–H groups in total. The van der Waals surface area contributed by atoms with Crippen molar-refractivity contribution >= 4 is 21.9 Å². The second-order valence-electron chi connectivity index (χ2n) is 8.04. The van der Waals surface area contributed by atoms with Crippen molar-refractivity contribution in [1.29, 1.82) is 5.26 Å². The first-order valence-electron chi connectivity index (χ1n) is 11.0. The molecule has 0 saturated heterocycles. The van der Waals surface area contributed by atoms with E-state index < -0.39 is 0 Å². The highest BCUT2D eigenvalue weighted by atomic mass is 16.1. The van der Waals surface area contributed by atoms with Gasteiger partial charge in [0, 0.05) is 35.8 Å². The summed E-state index contributed by atoms with van der Waals surface area (Å²) in [6.07, 6.45) is 2.72. The van der Waals surface area contributed by atoms with Gasteiger partial charge in [0.1, 0.15) is 5.69 Å². The molecule has 0 atom stereocenters. The highest BCUT2D eigenvalue weighted by molar-refractivity contribution is 5.96. The minimum Gasteiger partial charge on any atom is -0.342 e. The average molecular weight is 434 g/mol. The molecule has 0 saturated carbocycles. The van der Waals surface area contributed by atoms with Crippen molar-refractivity contribution in [3.8, 4) is 17.3 Å². The fourth-order valence-corrected chi connectivity index (χ4v) is 4.29. The van der Waals surface area contributed by atoms with Crippen molar-refractivity contribution < 1.29 is 0 Å². The number of rotatable bonds is 6. The van der Waals surface area contributed by atoms with E-state index in [4.69, 9.17) is 16.0 Å². The van der Waals surface area contributed by atoms with Gasteiger partial charge in [-0.2, -0.15) is 5.26 Å². The Kier molecular flexibility index (Phi) is 5.47. The second kappa shape index (κ2) is 8.73. The summed E-state index contributed by atoms with van der Waals surface area (Å²) >= 11 is 0. The molecule has 6 nitrogen and oxygen atoms in total. The van der Waals surface area contributed by atoms with Crippen LogP contribution in [0.3, 0.4) is 0 Å². The summed E-state index contributed by atoms with van der Waals surface area (Å²) in [5.41, 5.74) is 11.2. The predicted molar refractivity (Wildman–Crippen MR) is 131 cm³/mol. The number of nitrogens with zero attached hydrogens (tertiary/aromatic N) is 4. The first-order valence-corrected chi connectivity index (χ1v) is 11.0. The largest absolute Gasteiger partial charge is 0.342 e. The third-order valence-corrected chi connectivity index (χ3v) is 5.92. The summed E-state index contributed by atoms with van der Waals surface area (Å²) in [5.74, 6) is 0. The minimum atomic E-state index is -0.108. The summed E-state index contributed by atoms with van der Waals surface area (Å²) in [6, 6.07) is 25.5. The van der Waals surface area contributed by atoms with Crippen LogP contribution in [0.25, 0.3) is 33.2 Å². The Balaban J connectivity index is 1.68. The van der Waals surface area contributed by atoms with Crippen molar-refractivity contribution in [1.82, 2.24) is 14.1 Å². The Labute approximate surface area is 191 Å². The van der Waals surface area contributed by atoms with E-state index in [-0.39, 0.29) is 5.56 Å². The summed E-state index contributed by atoms with van der Waals surface area (Å²) in [4.78, 5) is 18.4. The van der Waals surface area contributed by atoms with Gasteiger partial charge in [-0.3, -0.25) is 4.79 Å². The molecule has 0 aliphatic heterocycles. The lowest BCUT2D eigenvalue weighted by atomic mass is 10.1. The summed E-state index contributed by atoms with van der Waals surface area (Å²) in [6.45, 7) is 1.69. The molecule has 2 heterocycles. The van der Waals surface area contributed by atoms with E-state index in [0.717, 1.165) is 33.1 Å². The second-order valence-corrected chi connectivity index (χ2v) is 8.04. The standard InChI is InChI=1S/C27H23N5O/c28-14-5-15-32-25-9-4-2-7-23(25)30-26(27(32)33)22-18-31(24-8-3-1-6-21(22)24)17-20-12-10-19(16-29)11-13-20/h1-4,6-13,18H,5,14-15,17,28H2. The van der Waals surface area contributed by atoms with Gasteiger partial charge >= 0.3 is 0 Å². The minimum absolute atomic E-state index is 0.108. The molecule has 0 aliphatic carbocycles. The van der Waals surface area contributed by atoms with Crippen molar-refractivity contribution in [2.24, 2.45) is 5.73 Å². The zero-order chi connectivity index (χ0) is 22.8. The molecule has 5 aromatic rings. The number of nitrogens with two attached hydrogens (primary N) is 1. The van der Waals surface area contributed by atoms with Gasteiger partial charge in [0.2, 0.25) is 0 Å². The van der Waals surface area contributed by atoms with Gasteiger partial charge < -0.3 is 14.9 Å². The SMILES string of the molecule is N#Cc1ccc(Cn2cc(-c3nc4ccccc4n(CCCN)c3=O)c3ccccc32)cc1. The van der Waals surface area contributed by atoms with Crippen LogP contribution in [0.15, 0.2) is 83.8 Å². The van der Waals surface area contributed by atoms with Crippen molar-refractivity contribution in [2.75, 3.05) is 6.54 Å². The van der Waals surface area contributed by atoms with Gasteiger partial charge in [-0.1, -0.05) is 42.5 Å². The normalized spacial score (nSPS) is 11.2. The monoisotopic (exact) mass is 433 g/mol. The molecule has 3 aromatic carbocycles. The first kappa shape index (κ1) is 20.7. The quantitative estimate of drug-likeness (QED) is 0.433. The van der Waals surface area contributed by atoms with Crippen LogP contribution < -0.4 is 11.3 Å². The number of hydrogen-bond donors (Lipinski definition) is 1. The molecule has 0 radical (unpaired) electrons. The first-order chi connectivity index (χ1) is 16.2. The number of aryl methyl sites for hydroxylation is 1. The lowest BCUT2D eigenvalue weighted by molar-refractivity contribution is 0.648. The molecule has 0 spiro atoms. The van der Waals surface area contributed by atoms with Crippen LogP contribution in [-0.4, -0.2) is 20.7 Å². The molecule has 0 aliphatic rings. The van der Waals surface area contributed by atoms with Gasteiger partial charge in [0.15, 0.2) is 0 Å². The lowest BCUT2D eigenvalue weighted by Gasteiger charge is -2.11. The molecule has 5 rings (SSSR count). The lowest BCUT2D eigenvalue weighted by Crippen LogP contribution is -2.24. The highest BCUT2D eigenvalue weighted by Crippen LogP contribution is 2.29. The number of benzene rings is 3.